The summed E-state index contributed by atoms with van der Waals surface area (Å²) in [6.07, 6.45) is 1.24. The Kier molecular flexibility index (Phi) is 9.90. The van der Waals surface area contributed by atoms with Crippen LogP contribution in [0.4, 0.5) is 0 Å². The van der Waals surface area contributed by atoms with Crippen molar-refractivity contribution < 1.29 is 9.57 Å². The third-order valence-electron chi connectivity index (χ3n) is 3.67. The van der Waals surface area contributed by atoms with Crippen LogP contribution in [0.25, 0.3) is 0 Å². The first-order valence-electron chi connectivity index (χ1n) is 9.28. The fourth-order valence-electron chi connectivity index (χ4n) is 2.47. The molecule has 0 aromatic heterocycles. The van der Waals surface area contributed by atoms with E-state index in [0.29, 0.717) is 6.54 Å². The predicted octanol–water partition coefficient (Wildman–Crippen LogP) is 5.93. The quantitative estimate of drug-likeness (QED) is 0.674. The van der Waals surface area contributed by atoms with Gasteiger partial charge in [-0.05, 0) is 18.6 Å². The molecule has 1 aliphatic rings. The van der Waals surface area contributed by atoms with Gasteiger partial charge in [-0.25, -0.2) is 0 Å². The molecule has 1 aliphatic heterocycles. The van der Waals surface area contributed by atoms with Gasteiger partial charge in [-0.1, -0.05) is 82.1 Å². The van der Waals surface area contributed by atoms with Gasteiger partial charge in [0.15, 0.2) is 0 Å². The van der Waals surface area contributed by atoms with Crippen molar-refractivity contribution in [3.05, 3.63) is 65.2 Å². The first kappa shape index (κ1) is 21.2. The zero-order chi connectivity index (χ0) is 18.7. The molecule has 0 saturated heterocycles. The van der Waals surface area contributed by atoms with Crippen molar-refractivity contribution in [1.82, 2.24) is 5.06 Å². The maximum absolute atomic E-state index is 6.19. The molecule has 138 valence electrons. The number of para-hydroxylation sites is 1. The van der Waals surface area contributed by atoms with Crippen LogP contribution >= 0.6 is 0 Å². The summed E-state index contributed by atoms with van der Waals surface area (Å²) in [5, 5.41) is 1.94. The number of rotatable bonds is 2. The summed E-state index contributed by atoms with van der Waals surface area (Å²) in [7, 11) is 1.71. The van der Waals surface area contributed by atoms with Crippen LogP contribution in [0.2, 0.25) is 0 Å². The number of ether oxygens (including phenoxy) is 1. The lowest BCUT2D eigenvalue weighted by molar-refractivity contribution is -0.148. The zero-order valence-corrected chi connectivity index (χ0v) is 16.6. The van der Waals surface area contributed by atoms with Crippen LogP contribution in [0.15, 0.2) is 48.5 Å². The van der Waals surface area contributed by atoms with Gasteiger partial charge in [0.1, 0.15) is 11.9 Å². The van der Waals surface area contributed by atoms with Gasteiger partial charge in [0.05, 0.1) is 20.2 Å². The second kappa shape index (κ2) is 11.7. The third kappa shape index (κ3) is 6.52. The van der Waals surface area contributed by atoms with Crippen molar-refractivity contribution in [3.8, 4) is 5.75 Å². The fourth-order valence-corrected chi connectivity index (χ4v) is 2.47. The number of aryl methyl sites for hydroxylation is 1. The Balaban J connectivity index is 0.000000567. The third-order valence-corrected chi connectivity index (χ3v) is 3.67. The van der Waals surface area contributed by atoms with E-state index in [1.807, 2.05) is 37.1 Å². The van der Waals surface area contributed by atoms with E-state index >= 15 is 0 Å². The lowest BCUT2D eigenvalue weighted by Crippen LogP contribution is -2.27. The molecule has 1 atom stereocenters. The van der Waals surface area contributed by atoms with E-state index in [1.165, 1.54) is 17.5 Å². The summed E-state index contributed by atoms with van der Waals surface area (Å²) in [6.45, 7) is 11.8. The molecular weight excluding hydrogens is 310 g/mol. The van der Waals surface area contributed by atoms with Gasteiger partial charge in [0.25, 0.3) is 0 Å². The van der Waals surface area contributed by atoms with Gasteiger partial charge in [-0.2, -0.15) is 5.06 Å². The summed E-state index contributed by atoms with van der Waals surface area (Å²) in [5.41, 5.74) is 3.59. The van der Waals surface area contributed by atoms with E-state index in [4.69, 9.17) is 9.57 Å². The molecule has 2 aromatic rings. The molecule has 0 radical (unpaired) electrons. The van der Waals surface area contributed by atoms with Crippen LogP contribution in [0.3, 0.4) is 0 Å². The van der Waals surface area contributed by atoms with Gasteiger partial charge in [-0.3, -0.25) is 0 Å². The van der Waals surface area contributed by atoms with Crippen LogP contribution in [0.5, 0.6) is 5.75 Å². The molecule has 0 spiro atoms. The number of fused-ring (bicyclic) bond motifs is 1. The molecule has 1 heterocycles. The molecule has 0 bridgehead atoms. The Hall–Kier alpha value is -1.84. The molecule has 3 nitrogen and oxygen atoms in total. The van der Waals surface area contributed by atoms with Gasteiger partial charge in [0.2, 0.25) is 0 Å². The van der Waals surface area contributed by atoms with Crippen LogP contribution in [0, 0.1) is 6.92 Å². The molecule has 2 aromatic carbocycles. The van der Waals surface area contributed by atoms with Crippen molar-refractivity contribution in [1.29, 1.82) is 0 Å². The molecule has 0 saturated carbocycles. The van der Waals surface area contributed by atoms with E-state index < -0.39 is 0 Å². The highest BCUT2D eigenvalue weighted by molar-refractivity contribution is 5.35. The number of hydroxylamine groups is 2. The summed E-state index contributed by atoms with van der Waals surface area (Å²) in [6, 6.07) is 16.6. The number of benzene rings is 2. The highest BCUT2D eigenvalue weighted by Crippen LogP contribution is 2.31. The van der Waals surface area contributed by atoms with Crippen LogP contribution < -0.4 is 4.74 Å². The first-order valence-corrected chi connectivity index (χ1v) is 9.28. The van der Waals surface area contributed by atoms with Crippen molar-refractivity contribution in [3.63, 3.8) is 0 Å². The highest BCUT2D eigenvalue weighted by atomic mass is 16.7. The standard InChI is InChI=1S/C17H19NO2.C3H8.C2H6/c1-13-7-9-14(10-8-13)17-12-18(19-2)11-15-5-3-4-6-16(15)20-17;1-3-2;1-2/h3-10,17H,11-12H2,1-2H3;3H2,1-2H3;1-2H3. The Morgan fingerprint density at radius 2 is 1.64 bits per heavy atom. The van der Waals surface area contributed by atoms with E-state index in [-0.39, 0.29) is 6.10 Å². The predicted molar refractivity (Wildman–Crippen MR) is 106 cm³/mol. The Morgan fingerprint density at radius 3 is 2.24 bits per heavy atom. The average Bonchev–Trinajstić information content (AvgIpc) is 2.84. The first-order chi connectivity index (χ1) is 12.2. The van der Waals surface area contributed by atoms with Crippen LogP contribution in [-0.2, 0) is 11.4 Å². The minimum Gasteiger partial charge on any atom is -0.484 e. The monoisotopic (exact) mass is 343 g/mol. The van der Waals surface area contributed by atoms with Crippen LogP contribution in [-0.4, -0.2) is 18.7 Å². The second-order valence-electron chi connectivity index (χ2n) is 5.84. The largest absolute Gasteiger partial charge is 0.484 e. The summed E-state index contributed by atoms with van der Waals surface area (Å²) in [4.78, 5) is 5.46. The molecule has 0 amide bonds. The van der Waals surface area contributed by atoms with E-state index in [9.17, 15) is 0 Å². The normalized spacial score (nSPS) is 16.2. The maximum Gasteiger partial charge on any atom is 0.139 e. The Bertz CT molecular complexity index is 595. The molecule has 0 fully saturated rings. The molecule has 0 N–H and O–H groups in total. The van der Waals surface area contributed by atoms with Crippen LogP contribution in [0.1, 0.15) is 56.9 Å². The molecule has 25 heavy (non-hydrogen) atoms. The Labute approximate surface area is 153 Å². The number of nitrogens with zero attached hydrogens (tertiary/aromatic N) is 1. The summed E-state index contributed by atoms with van der Waals surface area (Å²) in [5.74, 6) is 0.942. The molecule has 3 heteroatoms. The SMILES string of the molecule is CC.CCC.CON1Cc2ccccc2OC(c2ccc(C)cc2)C1. The van der Waals surface area contributed by atoms with Crippen molar-refractivity contribution in [2.45, 2.75) is 53.7 Å². The van der Waals surface area contributed by atoms with Gasteiger partial charge in [0, 0.05) is 5.56 Å². The zero-order valence-electron chi connectivity index (χ0n) is 16.6. The van der Waals surface area contributed by atoms with Crippen molar-refractivity contribution in [2.24, 2.45) is 0 Å². The summed E-state index contributed by atoms with van der Waals surface area (Å²) >= 11 is 0. The topological polar surface area (TPSA) is 21.7 Å². The van der Waals surface area contributed by atoms with Gasteiger partial charge in [-0.15, -0.1) is 0 Å². The molecular formula is C22H33NO2. The minimum atomic E-state index is -0.0146. The number of hydrogen-bond donors (Lipinski definition) is 0. The number of hydrogen-bond acceptors (Lipinski definition) is 3. The molecule has 0 aliphatic carbocycles. The maximum atomic E-state index is 6.19. The van der Waals surface area contributed by atoms with E-state index in [1.54, 1.807) is 7.11 Å². The Morgan fingerprint density at radius 1 is 1.04 bits per heavy atom. The minimum absolute atomic E-state index is 0.0146. The summed E-state index contributed by atoms with van der Waals surface area (Å²) < 4.78 is 6.19. The lowest BCUT2D eigenvalue weighted by Gasteiger charge is -2.22. The van der Waals surface area contributed by atoms with E-state index in [0.717, 1.165) is 17.9 Å². The van der Waals surface area contributed by atoms with E-state index in [2.05, 4.69) is 51.1 Å². The molecule has 1 unspecified atom stereocenters. The molecule has 3 rings (SSSR count). The van der Waals surface area contributed by atoms with Crippen molar-refractivity contribution >= 4 is 0 Å². The highest BCUT2D eigenvalue weighted by Gasteiger charge is 2.24. The van der Waals surface area contributed by atoms with Gasteiger partial charge < -0.3 is 9.57 Å². The fraction of sp³-hybridized carbons (Fsp3) is 0.455. The van der Waals surface area contributed by atoms with Gasteiger partial charge >= 0.3 is 0 Å². The second-order valence-corrected chi connectivity index (χ2v) is 5.84. The lowest BCUT2D eigenvalue weighted by atomic mass is 10.1. The smallest absolute Gasteiger partial charge is 0.139 e. The average molecular weight is 344 g/mol. The van der Waals surface area contributed by atoms with Crippen molar-refractivity contribution in [2.75, 3.05) is 13.7 Å².